The quantitative estimate of drug-likeness (QED) is 0.740. The van der Waals surface area contributed by atoms with Crippen molar-refractivity contribution in [1.29, 1.82) is 0 Å². The smallest absolute Gasteiger partial charge is 0.331 e. The SMILES string of the molecule is O=C(O)C1=C[C@H]2C[C@H]1[C@H]1C[C@@H](C(=O)O)C[C@H]12. The third-order valence-corrected chi connectivity index (χ3v) is 4.65. The van der Waals surface area contributed by atoms with Gasteiger partial charge in [-0.25, -0.2) is 4.79 Å². The summed E-state index contributed by atoms with van der Waals surface area (Å²) < 4.78 is 0. The topological polar surface area (TPSA) is 74.6 Å². The van der Waals surface area contributed by atoms with E-state index in [1.165, 1.54) is 0 Å². The zero-order chi connectivity index (χ0) is 11.4. The molecule has 0 aromatic heterocycles. The van der Waals surface area contributed by atoms with E-state index in [2.05, 4.69) is 0 Å². The molecule has 4 nitrogen and oxygen atoms in total. The highest BCUT2D eigenvalue weighted by molar-refractivity contribution is 5.88. The molecule has 0 heterocycles. The minimum absolute atomic E-state index is 0.122. The Kier molecular flexibility index (Phi) is 1.91. The first kappa shape index (κ1) is 9.87. The summed E-state index contributed by atoms with van der Waals surface area (Å²) in [6, 6.07) is 0. The molecule has 0 aromatic rings. The Morgan fingerprint density at radius 1 is 1.12 bits per heavy atom. The van der Waals surface area contributed by atoms with Crippen LogP contribution in [0.15, 0.2) is 11.6 Å². The van der Waals surface area contributed by atoms with Crippen molar-refractivity contribution in [3.8, 4) is 0 Å². The molecular formula is C12H14O4. The summed E-state index contributed by atoms with van der Waals surface area (Å²) in [6.07, 6.45) is 4.22. The number of carbonyl (C=O) groups is 2. The molecular weight excluding hydrogens is 208 g/mol. The molecule has 2 fully saturated rings. The first-order valence-corrected chi connectivity index (χ1v) is 5.75. The van der Waals surface area contributed by atoms with Gasteiger partial charge >= 0.3 is 11.9 Å². The number of fused-ring (bicyclic) bond motifs is 5. The molecule has 0 aromatic carbocycles. The highest BCUT2D eigenvalue weighted by atomic mass is 16.4. The van der Waals surface area contributed by atoms with Gasteiger partial charge in [0.25, 0.3) is 0 Å². The van der Waals surface area contributed by atoms with Gasteiger partial charge in [0.05, 0.1) is 5.92 Å². The van der Waals surface area contributed by atoms with E-state index in [4.69, 9.17) is 10.2 Å². The van der Waals surface area contributed by atoms with Crippen LogP contribution in [0.3, 0.4) is 0 Å². The maximum atomic E-state index is 11.0. The van der Waals surface area contributed by atoms with Crippen LogP contribution in [0.5, 0.6) is 0 Å². The molecule has 86 valence electrons. The summed E-state index contributed by atoms with van der Waals surface area (Å²) in [5.41, 5.74) is 0.539. The fourth-order valence-corrected chi connectivity index (χ4v) is 4.04. The van der Waals surface area contributed by atoms with Crippen LogP contribution in [0.4, 0.5) is 0 Å². The molecule has 2 bridgehead atoms. The molecule has 16 heavy (non-hydrogen) atoms. The molecule has 3 aliphatic carbocycles. The first-order valence-electron chi connectivity index (χ1n) is 5.75. The summed E-state index contributed by atoms with van der Waals surface area (Å²) >= 11 is 0. The van der Waals surface area contributed by atoms with E-state index in [1.54, 1.807) is 0 Å². The average molecular weight is 222 g/mol. The molecule has 0 radical (unpaired) electrons. The van der Waals surface area contributed by atoms with Crippen molar-refractivity contribution in [3.63, 3.8) is 0 Å². The van der Waals surface area contributed by atoms with Crippen LogP contribution in [0.1, 0.15) is 19.3 Å². The van der Waals surface area contributed by atoms with Gasteiger partial charge in [0, 0.05) is 5.57 Å². The molecule has 0 amide bonds. The lowest BCUT2D eigenvalue weighted by molar-refractivity contribution is -0.141. The minimum atomic E-state index is -0.815. The Morgan fingerprint density at radius 3 is 2.44 bits per heavy atom. The summed E-state index contributed by atoms with van der Waals surface area (Å²) in [7, 11) is 0. The second kappa shape index (κ2) is 3.09. The number of hydrogen-bond acceptors (Lipinski definition) is 2. The van der Waals surface area contributed by atoms with Gasteiger partial charge in [-0.1, -0.05) is 6.08 Å². The highest BCUT2D eigenvalue weighted by Gasteiger charge is 2.54. The van der Waals surface area contributed by atoms with E-state index in [0.717, 1.165) is 12.8 Å². The molecule has 3 aliphatic rings. The first-order chi connectivity index (χ1) is 7.58. The molecule has 2 saturated carbocycles. The number of carboxylic acid groups (broad SMARTS) is 2. The molecule has 0 unspecified atom stereocenters. The molecule has 0 aliphatic heterocycles. The Hall–Kier alpha value is -1.32. The van der Waals surface area contributed by atoms with Gasteiger partial charge in [-0.2, -0.15) is 0 Å². The largest absolute Gasteiger partial charge is 0.481 e. The number of aliphatic carboxylic acids is 2. The fraction of sp³-hybridized carbons (Fsp3) is 0.667. The van der Waals surface area contributed by atoms with Crippen LogP contribution in [-0.2, 0) is 9.59 Å². The number of carboxylic acids is 2. The zero-order valence-electron chi connectivity index (χ0n) is 8.80. The number of rotatable bonds is 2. The molecule has 2 N–H and O–H groups in total. The number of allylic oxidation sites excluding steroid dienone is 1. The van der Waals surface area contributed by atoms with E-state index < -0.39 is 11.9 Å². The lowest BCUT2D eigenvalue weighted by Gasteiger charge is -2.22. The minimum Gasteiger partial charge on any atom is -0.481 e. The third-order valence-electron chi connectivity index (χ3n) is 4.65. The fourth-order valence-electron chi connectivity index (χ4n) is 4.04. The van der Waals surface area contributed by atoms with Crippen LogP contribution < -0.4 is 0 Å². The standard InChI is InChI=1S/C12H14O4/c13-11(14)6-3-7-5-1-9(8(7)4-6)10(2-5)12(15)16/h2,5-9H,1,3-4H2,(H,13,14)(H,15,16)/t5-,6+,7+,8+,9+/m1/s1. The summed E-state index contributed by atoms with van der Waals surface area (Å²) in [5, 5.41) is 18.0. The van der Waals surface area contributed by atoms with Gasteiger partial charge in [0.15, 0.2) is 0 Å². The predicted octanol–water partition coefficient (Wildman–Crippen LogP) is 1.37. The molecule has 0 spiro atoms. The monoisotopic (exact) mass is 222 g/mol. The van der Waals surface area contributed by atoms with Crippen LogP contribution in [0, 0.1) is 29.6 Å². The van der Waals surface area contributed by atoms with Gasteiger partial charge in [0.2, 0.25) is 0 Å². The highest BCUT2D eigenvalue weighted by Crippen LogP contribution is 2.59. The van der Waals surface area contributed by atoms with Gasteiger partial charge < -0.3 is 10.2 Å². The predicted molar refractivity (Wildman–Crippen MR) is 54.7 cm³/mol. The van der Waals surface area contributed by atoms with Crippen molar-refractivity contribution in [2.75, 3.05) is 0 Å². The Labute approximate surface area is 93.0 Å². The second-order valence-corrected chi connectivity index (χ2v) is 5.27. The summed E-state index contributed by atoms with van der Waals surface area (Å²) in [5.74, 6) is -0.601. The van der Waals surface area contributed by atoms with Gasteiger partial charge in [-0.3, -0.25) is 4.79 Å². The van der Waals surface area contributed by atoms with Crippen LogP contribution in [0.25, 0.3) is 0 Å². The molecule has 0 saturated heterocycles. The van der Waals surface area contributed by atoms with Crippen LogP contribution in [0.2, 0.25) is 0 Å². The van der Waals surface area contributed by atoms with E-state index in [0.29, 0.717) is 29.7 Å². The maximum absolute atomic E-state index is 11.0. The normalized spacial score (nSPS) is 44.2. The lowest BCUT2D eigenvalue weighted by Crippen LogP contribution is -2.20. The van der Waals surface area contributed by atoms with Crippen molar-refractivity contribution >= 4 is 11.9 Å². The molecule has 5 atom stereocenters. The Morgan fingerprint density at radius 2 is 1.81 bits per heavy atom. The van der Waals surface area contributed by atoms with Gasteiger partial charge in [-0.05, 0) is 42.9 Å². The van der Waals surface area contributed by atoms with Crippen molar-refractivity contribution < 1.29 is 19.8 Å². The lowest BCUT2D eigenvalue weighted by atomic mass is 9.82. The number of hydrogen-bond donors (Lipinski definition) is 2. The Bertz CT molecular complexity index is 398. The van der Waals surface area contributed by atoms with Crippen molar-refractivity contribution in [2.24, 2.45) is 29.6 Å². The van der Waals surface area contributed by atoms with E-state index in [-0.39, 0.29) is 11.8 Å². The van der Waals surface area contributed by atoms with E-state index in [9.17, 15) is 9.59 Å². The average Bonchev–Trinajstić information content (AvgIpc) is 2.87. The summed E-state index contributed by atoms with van der Waals surface area (Å²) in [6.45, 7) is 0. The van der Waals surface area contributed by atoms with Crippen LogP contribution >= 0.6 is 0 Å². The van der Waals surface area contributed by atoms with Gasteiger partial charge in [0.1, 0.15) is 0 Å². The van der Waals surface area contributed by atoms with E-state index in [1.807, 2.05) is 6.08 Å². The van der Waals surface area contributed by atoms with Crippen molar-refractivity contribution in [1.82, 2.24) is 0 Å². The van der Waals surface area contributed by atoms with Gasteiger partial charge in [-0.15, -0.1) is 0 Å². The molecule has 4 heteroatoms. The van der Waals surface area contributed by atoms with Crippen molar-refractivity contribution in [3.05, 3.63) is 11.6 Å². The van der Waals surface area contributed by atoms with Crippen molar-refractivity contribution in [2.45, 2.75) is 19.3 Å². The zero-order valence-corrected chi connectivity index (χ0v) is 8.80. The van der Waals surface area contributed by atoms with Crippen LogP contribution in [-0.4, -0.2) is 22.2 Å². The third kappa shape index (κ3) is 1.16. The maximum Gasteiger partial charge on any atom is 0.331 e. The summed E-state index contributed by atoms with van der Waals surface area (Å²) in [4.78, 5) is 22.0. The molecule has 3 rings (SSSR count). The Balaban J connectivity index is 1.84. The van der Waals surface area contributed by atoms with E-state index >= 15 is 0 Å². The second-order valence-electron chi connectivity index (χ2n) is 5.27.